The molecule has 0 aliphatic carbocycles. The molecule has 5 nitrogen and oxygen atoms in total. The monoisotopic (exact) mass is 259 g/mol. The molecule has 2 aromatic rings. The van der Waals surface area contributed by atoms with Gasteiger partial charge in [-0.25, -0.2) is 0 Å². The average molecular weight is 259 g/mol. The molecule has 2 rings (SSSR count). The van der Waals surface area contributed by atoms with E-state index in [4.69, 9.17) is 4.74 Å². The summed E-state index contributed by atoms with van der Waals surface area (Å²) in [6.45, 7) is 0.512. The number of benzene rings is 1. The number of hydrogen-bond acceptors (Lipinski definition) is 3. The molecule has 2 N–H and O–H groups in total. The van der Waals surface area contributed by atoms with Crippen LogP contribution in [0.1, 0.15) is 17.5 Å². The zero-order valence-electron chi connectivity index (χ0n) is 10.8. The first-order chi connectivity index (χ1) is 9.28. The number of ether oxygens (including phenoxy) is 1. The molecule has 0 aliphatic rings. The minimum atomic E-state index is 0.0389. The molecule has 1 heterocycles. The molecule has 0 bridgehead atoms. The maximum absolute atomic E-state index is 11.7. The van der Waals surface area contributed by atoms with Gasteiger partial charge in [-0.05, 0) is 24.1 Å². The van der Waals surface area contributed by atoms with Crippen molar-refractivity contribution in [3.8, 4) is 5.75 Å². The Balaban J connectivity index is 1.73. The minimum absolute atomic E-state index is 0.0389. The van der Waals surface area contributed by atoms with Crippen LogP contribution in [-0.4, -0.2) is 23.2 Å². The molecule has 0 fully saturated rings. The van der Waals surface area contributed by atoms with Crippen molar-refractivity contribution in [2.45, 2.75) is 19.4 Å². The molecule has 0 aliphatic heterocycles. The Kier molecular flexibility index (Phi) is 4.55. The van der Waals surface area contributed by atoms with Gasteiger partial charge in [0.05, 0.1) is 13.3 Å². The third-order valence-corrected chi connectivity index (χ3v) is 2.84. The molecule has 0 spiro atoms. The Morgan fingerprint density at radius 2 is 2.11 bits per heavy atom. The van der Waals surface area contributed by atoms with E-state index >= 15 is 0 Å². The molecule has 1 aromatic carbocycles. The van der Waals surface area contributed by atoms with Gasteiger partial charge in [-0.1, -0.05) is 12.1 Å². The van der Waals surface area contributed by atoms with Crippen LogP contribution < -0.4 is 10.1 Å². The molecule has 0 atom stereocenters. The summed E-state index contributed by atoms with van der Waals surface area (Å²) >= 11 is 0. The summed E-state index contributed by atoms with van der Waals surface area (Å²) in [5.74, 6) is 0.866. The van der Waals surface area contributed by atoms with Crippen molar-refractivity contribution < 1.29 is 9.53 Å². The molecule has 0 saturated carbocycles. The van der Waals surface area contributed by atoms with Gasteiger partial charge < -0.3 is 10.1 Å². The van der Waals surface area contributed by atoms with Crippen molar-refractivity contribution in [3.63, 3.8) is 0 Å². The third-order valence-electron chi connectivity index (χ3n) is 2.84. The first-order valence-electron chi connectivity index (χ1n) is 6.15. The molecular weight excluding hydrogens is 242 g/mol. The van der Waals surface area contributed by atoms with Crippen molar-refractivity contribution in [2.24, 2.45) is 0 Å². The molecule has 1 amide bonds. The van der Waals surface area contributed by atoms with E-state index in [0.717, 1.165) is 23.3 Å². The minimum Gasteiger partial charge on any atom is -0.497 e. The van der Waals surface area contributed by atoms with Gasteiger partial charge in [-0.2, -0.15) is 5.10 Å². The van der Waals surface area contributed by atoms with E-state index in [9.17, 15) is 4.79 Å². The smallest absolute Gasteiger partial charge is 0.220 e. The second-order valence-corrected chi connectivity index (χ2v) is 4.23. The summed E-state index contributed by atoms with van der Waals surface area (Å²) in [6.07, 6.45) is 4.67. The Morgan fingerprint density at radius 3 is 2.74 bits per heavy atom. The number of aromatic nitrogens is 2. The second-order valence-electron chi connectivity index (χ2n) is 4.23. The summed E-state index contributed by atoms with van der Waals surface area (Å²) in [5.41, 5.74) is 2.09. The number of methoxy groups -OCH3 is 1. The number of hydrogen-bond donors (Lipinski definition) is 2. The molecule has 0 radical (unpaired) electrons. The molecule has 100 valence electrons. The predicted octanol–water partition coefficient (Wildman–Crippen LogP) is 1.67. The van der Waals surface area contributed by atoms with Gasteiger partial charge in [0.1, 0.15) is 5.75 Å². The van der Waals surface area contributed by atoms with E-state index in [-0.39, 0.29) is 5.91 Å². The summed E-state index contributed by atoms with van der Waals surface area (Å²) in [4.78, 5) is 11.7. The van der Waals surface area contributed by atoms with Crippen molar-refractivity contribution in [2.75, 3.05) is 7.11 Å². The Morgan fingerprint density at radius 1 is 1.32 bits per heavy atom. The van der Waals surface area contributed by atoms with E-state index < -0.39 is 0 Å². The van der Waals surface area contributed by atoms with E-state index in [0.29, 0.717) is 13.0 Å². The van der Waals surface area contributed by atoms with Crippen LogP contribution in [0, 0.1) is 0 Å². The normalized spacial score (nSPS) is 10.2. The van der Waals surface area contributed by atoms with Gasteiger partial charge in [0.15, 0.2) is 0 Å². The Labute approximate surface area is 112 Å². The number of rotatable bonds is 6. The number of aryl methyl sites for hydroxylation is 1. The highest BCUT2D eigenvalue weighted by atomic mass is 16.5. The maximum atomic E-state index is 11.7. The number of carbonyl (C=O) groups is 1. The maximum Gasteiger partial charge on any atom is 0.220 e. The van der Waals surface area contributed by atoms with Gasteiger partial charge in [-0.15, -0.1) is 0 Å². The highest BCUT2D eigenvalue weighted by Crippen LogP contribution is 2.12. The highest BCUT2D eigenvalue weighted by Gasteiger charge is 2.03. The zero-order valence-corrected chi connectivity index (χ0v) is 10.8. The number of nitrogens with one attached hydrogen (secondary N) is 2. The lowest BCUT2D eigenvalue weighted by Crippen LogP contribution is -2.22. The van der Waals surface area contributed by atoms with E-state index in [2.05, 4.69) is 15.5 Å². The second kappa shape index (κ2) is 6.58. The Hall–Kier alpha value is -2.30. The van der Waals surface area contributed by atoms with Crippen LogP contribution in [0.3, 0.4) is 0 Å². The van der Waals surface area contributed by atoms with E-state index in [1.807, 2.05) is 24.3 Å². The summed E-state index contributed by atoms with van der Waals surface area (Å²) in [6, 6.07) is 7.75. The van der Waals surface area contributed by atoms with Gasteiger partial charge in [-0.3, -0.25) is 9.89 Å². The topological polar surface area (TPSA) is 67.0 Å². The standard InChI is InChI=1S/C14H17N3O2/c1-19-13-5-2-11(3-6-13)4-7-14(18)15-8-12-9-16-17-10-12/h2-3,5-6,9-10H,4,7-8H2,1H3,(H,15,18)(H,16,17). The molecule has 0 unspecified atom stereocenters. The van der Waals surface area contributed by atoms with Crippen LogP contribution in [0.2, 0.25) is 0 Å². The first-order valence-corrected chi connectivity index (χ1v) is 6.15. The SMILES string of the molecule is COc1ccc(CCC(=O)NCc2cn[nH]c2)cc1. The highest BCUT2D eigenvalue weighted by molar-refractivity contribution is 5.76. The van der Waals surface area contributed by atoms with E-state index in [1.165, 1.54) is 0 Å². The first kappa shape index (κ1) is 13.1. The van der Waals surface area contributed by atoms with Crippen molar-refractivity contribution in [3.05, 3.63) is 47.8 Å². The van der Waals surface area contributed by atoms with Gasteiger partial charge in [0.25, 0.3) is 0 Å². The molecule has 19 heavy (non-hydrogen) atoms. The van der Waals surface area contributed by atoms with Gasteiger partial charge in [0.2, 0.25) is 5.91 Å². The zero-order chi connectivity index (χ0) is 13.5. The summed E-state index contributed by atoms with van der Waals surface area (Å²) < 4.78 is 5.09. The lowest BCUT2D eigenvalue weighted by atomic mass is 10.1. The molecule has 1 aromatic heterocycles. The van der Waals surface area contributed by atoms with Crippen LogP contribution in [0.4, 0.5) is 0 Å². The molecule has 0 saturated heterocycles. The van der Waals surface area contributed by atoms with Crippen molar-refractivity contribution in [1.82, 2.24) is 15.5 Å². The number of amides is 1. The fraction of sp³-hybridized carbons (Fsp3) is 0.286. The Bertz CT molecular complexity index is 506. The number of aromatic amines is 1. The fourth-order valence-corrected chi connectivity index (χ4v) is 1.71. The number of H-pyrrole nitrogens is 1. The van der Waals surface area contributed by atoms with E-state index in [1.54, 1.807) is 19.5 Å². The van der Waals surface area contributed by atoms with Gasteiger partial charge >= 0.3 is 0 Å². The summed E-state index contributed by atoms with van der Waals surface area (Å²) in [5, 5.41) is 9.39. The van der Waals surface area contributed by atoms with Crippen molar-refractivity contribution in [1.29, 1.82) is 0 Å². The number of carbonyl (C=O) groups excluding carboxylic acids is 1. The van der Waals surface area contributed by atoms with Crippen molar-refractivity contribution >= 4 is 5.91 Å². The number of nitrogens with zero attached hydrogens (tertiary/aromatic N) is 1. The largest absolute Gasteiger partial charge is 0.497 e. The fourth-order valence-electron chi connectivity index (χ4n) is 1.71. The average Bonchev–Trinajstić information content (AvgIpc) is 2.96. The lowest BCUT2D eigenvalue weighted by Gasteiger charge is -2.05. The quantitative estimate of drug-likeness (QED) is 0.829. The van der Waals surface area contributed by atoms with Crippen LogP contribution >= 0.6 is 0 Å². The van der Waals surface area contributed by atoms with Crippen LogP contribution in [0.5, 0.6) is 5.75 Å². The lowest BCUT2D eigenvalue weighted by molar-refractivity contribution is -0.121. The van der Waals surface area contributed by atoms with Crippen LogP contribution in [-0.2, 0) is 17.8 Å². The van der Waals surface area contributed by atoms with Crippen LogP contribution in [0.15, 0.2) is 36.7 Å². The van der Waals surface area contributed by atoms with Gasteiger partial charge in [0, 0.05) is 24.7 Å². The molecular formula is C14H17N3O2. The summed E-state index contributed by atoms with van der Waals surface area (Å²) in [7, 11) is 1.64. The predicted molar refractivity (Wildman–Crippen MR) is 71.7 cm³/mol. The molecule has 5 heteroatoms. The third kappa shape index (κ3) is 4.13. The van der Waals surface area contributed by atoms with Crippen LogP contribution in [0.25, 0.3) is 0 Å².